The second kappa shape index (κ2) is 12.6. The predicted octanol–water partition coefficient (Wildman–Crippen LogP) is 13.1. The lowest BCUT2D eigenvalue weighted by Crippen LogP contribution is -2.02. The molecule has 0 fully saturated rings. The Morgan fingerprint density at radius 2 is 0.855 bits per heavy atom. The monoisotopic (exact) mass is 700 g/mol. The topological polar surface area (TPSA) is 43.6 Å². The van der Waals surface area contributed by atoms with E-state index in [-0.39, 0.29) is 0 Å². The van der Waals surface area contributed by atoms with Crippen molar-refractivity contribution in [2.75, 3.05) is 0 Å². The number of hydrogen-bond acceptors (Lipinski definition) is 3. The molecule has 11 aromatic rings. The van der Waals surface area contributed by atoms with Crippen LogP contribution in [0.1, 0.15) is 0 Å². The largest absolute Gasteiger partial charge is 0.309 e. The Labute approximate surface area is 317 Å². The number of rotatable bonds is 5. The molecular weight excluding hydrogens is 669 g/mol. The summed E-state index contributed by atoms with van der Waals surface area (Å²) in [4.78, 5) is 15.6. The molecule has 0 saturated carbocycles. The van der Waals surface area contributed by atoms with Crippen LogP contribution < -0.4 is 0 Å². The molecule has 0 atom stereocenters. The fourth-order valence-electron chi connectivity index (χ4n) is 8.30. The van der Waals surface area contributed by atoms with Crippen molar-refractivity contribution < 1.29 is 0 Å². The van der Waals surface area contributed by atoms with E-state index in [4.69, 9.17) is 15.0 Å². The smallest absolute Gasteiger partial charge is 0.164 e. The van der Waals surface area contributed by atoms with Gasteiger partial charge in [0.1, 0.15) is 0 Å². The van der Waals surface area contributed by atoms with Crippen LogP contribution in [0.4, 0.5) is 0 Å². The minimum Gasteiger partial charge on any atom is -0.309 e. The Morgan fingerprint density at radius 3 is 1.64 bits per heavy atom. The van der Waals surface area contributed by atoms with Crippen LogP contribution in [0, 0.1) is 0 Å². The van der Waals surface area contributed by atoms with Crippen molar-refractivity contribution in [1.82, 2.24) is 19.5 Å². The highest BCUT2D eigenvalue weighted by molar-refractivity contribution is 6.16. The Bertz CT molecular complexity index is 3250. The van der Waals surface area contributed by atoms with E-state index in [2.05, 4.69) is 180 Å². The molecule has 0 radical (unpaired) electrons. The third-order valence-electron chi connectivity index (χ3n) is 10.8. The van der Waals surface area contributed by atoms with E-state index in [1.807, 2.05) is 18.2 Å². The minimum atomic E-state index is 0.631. The molecule has 0 saturated heterocycles. The molecule has 2 aromatic heterocycles. The summed E-state index contributed by atoms with van der Waals surface area (Å²) in [6.07, 6.45) is 0. The highest BCUT2D eigenvalue weighted by Crippen LogP contribution is 2.42. The van der Waals surface area contributed by atoms with E-state index in [0.29, 0.717) is 17.5 Å². The molecular formula is C51H32N4. The van der Waals surface area contributed by atoms with Crippen LogP contribution in [0.2, 0.25) is 0 Å². The Morgan fingerprint density at radius 1 is 0.309 bits per heavy atom. The molecule has 0 aliphatic heterocycles. The Kier molecular flexibility index (Phi) is 7.14. The van der Waals surface area contributed by atoms with Crippen LogP contribution in [0.5, 0.6) is 0 Å². The van der Waals surface area contributed by atoms with Gasteiger partial charge >= 0.3 is 0 Å². The maximum absolute atomic E-state index is 5.30. The molecule has 9 aromatic carbocycles. The fourth-order valence-corrected chi connectivity index (χ4v) is 8.30. The van der Waals surface area contributed by atoms with Crippen LogP contribution in [0.3, 0.4) is 0 Å². The Hall–Kier alpha value is -7.43. The van der Waals surface area contributed by atoms with Gasteiger partial charge in [-0.2, -0.15) is 0 Å². The average molecular weight is 701 g/mol. The van der Waals surface area contributed by atoms with Crippen LogP contribution in [-0.4, -0.2) is 19.5 Å². The summed E-state index contributed by atoms with van der Waals surface area (Å²) in [5.74, 6) is 1.91. The van der Waals surface area contributed by atoms with Crippen LogP contribution in [-0.2, 0) is 0 Å². The van der Waals surface area contributed by atoms with Gasteiger partial charge < -0.3 is 4.57 Å². The molecule has 0 amide bonds. The third-order valence-corrected chi connectivity index (χ3v) is 10.8. The van der Waals surface area contributed by atoms with Gasteiger partial charge in [-0.1, -0.05) is 164 Å². The quantitative estimate of drug-likeness (QED) is 0.179. The summed E-state index contributed by atoms with van der Waals surface area (Å²) in [5, 5.41) is 9.35. The van der Waals surface area contributed by atoms with Gasteiger partial charge in [0.05, 0.1) is 16.7 Å². The van der Waals surface area contributed by atoms with Crippen molar-refractivity contribution in [3.05, 3.63) is 194 Å². The van der Waals surface area contributed by atoms with Gasteiger partial charge in [-0.05, 0) is 68.4 Å². The maximum atomic E-state index is 5.30. The van der Waals surface area contributed by atoms with Crippen molar-refractivity contribution in [3.8, 4) is 51.0 Å². The van der Waals surface area contributed by atoms with Gasteiger partial charge in [0.15, 0.2) is 17.5 Å². The molecule has 0 aliphatic carbocycles. The fraction of sp³-hybridized carbons (Fsp3) is 0. The van der Waals surface area contributed by atoms with E-state index < -0.39 is 0 Å². The zero-order valence-electron chi connectivity index (χ0n) is 29.8. The number of nitrogens with zero attached hydrogens (tertiary/aromatic N) is 4. The van der Waals surface area contributed by atoms with Crippen molar-refractivity contribution in [2.45, 2.75) is 0 Å². The SMILES string of the molecule is c1ccc(-c2nc(-c3cccc4ccccc34)nc(-c3ccc(-n4c5ccccc5c5cc6ccccc6cc54)c4c(-c5ccccc5)cccc34)n2)cc1. The zero-order chi connectivity index (χ0) is 36.3. The predicted molar refractivity (Wildman–Crippen MR) is 228 cm³/mol. The standard InChI is InChI=1S/C51H32N4/c1-3-15-34(16-4-1)39-25-14-26-41-43(51-53-49(35-18-5-2-6-19-35)52-50(54-51)42-27-13-22-33-17-9-10-23-38(33)42)29-30-46(48(39)41)55-45-28-12-11-24-40(45)44-31-36-20-7-8-21-37(36)32-47(44)55/h1-32H. The summed E-state index contributed by atoms with van der Waals surface area (Å²) in [5.41, 5.74) is 8.59. The minimum absolute atomic E-state index is 0.631. The molecule has 4 heteroatoms. The first-order chi connectivity index (χ1) is 27.3. The molecule has 0 bridgehead atoms. The summed E-state index contributed by atoms with van der Waals surface area (Å²) in [6, 6.07) is 68.7. The summed E-state index contributed by atoms with van der Waals surface area (Å²) in [6.45, 7) is 0. The Balaban J connectivity index is 1.24. The van der Waals surface area contributed by atoms with Crippen LogP contribution in [0.25, 0.3) is 105 Å². The lowest BCUT2D eigenvalue weighted by molar-refractivity contribution is 1.08. The molecule has 55 heavy (non-hydrogen) atoms. The normalized spacial score (nSPS) is 11.6. The van der Waals surface area contributed by atoms with Gasteiger partial charge in [0.25, 0.3) is 0 Å². The highest BCUT2D eigenvalue weighted by Gasteiger charge is 2.21. The number of hydrogen-bond donors (Lipinski definition) is 0. The molecule has 4 nitrogen and oxygen atoms in total. The highest BCUT2D eigenvalue weighted by atomic mass is 15.0. The number of aromatic nitrogens is 4. The van der Waals surface area contributed by atoms with Gasteiger partial charge in [-0.3, -0.25) is 0 Å². The number of fused-ring (bicyclic) bond motifs is 6. The van der Waals surface area contributed by atoms with Crippen molar-refractivity contribution >= 4 is 54.1 Å². The van der Waals surface area contributed by atoms with Crippen molar-refractivity contribution in [1.29, 1.82) is 0 Å². The second-order valence-electron chi connectivity index (χ2n) is 14.0. The molecule has 0 unspecified atom stereocenters. The summed E-state index contributed by atoms with van der Waals surface area (Å²) >= 11 is 0. The van der Waals surface area contributed by atoms with E-state index in [1.165, 1.54) is 27.1 Å². The second-order valence-corrected chi connectivity index (χ2v) is 14.0. The molecule has 0 aliphatic rings. The van der Waals surface area contributed by atoms with E-state index in [1.54, 1.807) is 0 Å². The van der Waals surface area contributed by atoms with Crippen LogP contribution in [0.15, 0.2) is 194 Å². The lowest BCUT2D eigenvalue weighted by Gasteiger charge is -2.18. The summed E-state index contributed by atoms with van der Waals surface area (Å²) < 4.78 is 2.44. The number of benzene rings is 9. The maximum Gasteiger partial charge on any atom is 0.164 e. The molecule has 0 N–H and O–H groups in total. The van der Waals surface area contributed by atoms with Gasteiger partial charge in [0.2, 0.25) is 0 Å². The number of para-hydroxylation sites is 1. The van der Waals surface area contributed by atoms with Gasteiger partial charge in [0, 0.05) is 32.8 Å². The van der Waals surface area contributed by atoms with Crippen molar-refractivity contribution in [2.24, 2.45) is 0 Å². The molecule has 11 rings (SSSR count). The first kappa shape index (κ1) is 31.1. The molecule has 0 spiro atoms. The first-order valence-electron chi connectivity index (χ1n) is 18.6. The third kappa shape index (κ3) is 5.11. The molecule has 256 valence electrons. The molecule has 2 heterocycles. The summed E-state index contributed by atoms with van der Waals surface area (Å²) in [7, 11) is 0. The first-order valence-corrected chi connectivity index (χ1v) is 18.6. The van der Waals surface area contributed by atoms with E-state index >= 15 is 0 Å². The van der Waals surface area contributed by atoms with Gasteiger partial charge in [-0.25, -0.2) is 15.0 Å². The van der Waals surface area contributed by atoms with E-state index in [0.717, 1.165) is 60.6 Å². The average Bonchev–Trinajstić information content (AvgIpc) is 3.58. The van der Waals surface area contributed by atoms with Crippen LogP contribution >= 0.6 is 0 Å². The van der Waals surface area contributed by atoms with Crippen molar-refractivity contribution in [3.63, 3.8) is 0 Å². The van der Waals surface area contributed by atoms with Gasteiger partial charge in [-0.15, -0.1) is 0 Å². The lowest BCUT2D eigenvalue weighted by atomic mass is 9.93. The zero-order valence-corrected chi connectivity index (χ0v) is 29.8. The van der Waals surface area contributed by atoms with E-state index in [9.17, 15) is 0 Å².